The van der Waals surface area contributed by atoms with Gasteiger partial charge in [0.2, 0.25) is 0 Å². The summed E-state index contributed by atoms with van der Waals surface area (Å²) >= 11 is 2.56. The van der Waals surface area contributed by atoms with Crippen LogP contribution in [0, 0.1) is 0 Å². The fourth-order valence-corrected chi connectivity index (χ4v) is 2.89. The third-order valence-corrected chi connectivity index (χ3v) is 8.17. The number of hydrogen-bond acceptors (Lipinski definition) is 0. The standard InChI is InChI=1S/C9H12IP/c1-8(2)11(10)9-6-4-3-5-7-9/h3-8H,1-2H3. The minimum absolute atomic E-state index is 0.0353. The van der Waals surface area contributed by atoms with E-state index < -0.39 is 0 Å². The molecule has 0 aliphatic carbocycles. The molecule has 11 heavy (non-hydrogen) atoms. The predicted molar refractivity (Wildman–Crippen MR) is 62.2 cm³/mol. The lowest BCUT2D eigenvalue weighted by atomic mass is 10.4. The zero-order chi connectivity index (χ0) is 8.27. The molecule has 0 radical (unpaired) electrons. The molecule has 60 valence electrons. The molecule has 0 aromatic heterocycles. The van der Waals surface area contributed by atoms with Crippen LogP contribution in [0.4, 0.5) is 0 Å². The highest BCUT2D eigenvalue weighted by Gasteiger charge is 2.09. The van der Waals surface area contributed by atoms with E-state index in [4.69, 9.17) is 0 Å². The molecule has 0 N–H and O–H groups in total. The third kappa shape index (κ3) is 2.72. The highest BCUT2D eigenvalue weighted by Crippen LogP contribution is 2.48. The molecule has 0 amide bonds. The maximum Gasteiger partial charge on any atom is -0.00691 e. The normalized spacial score (nSPS) is 13.5. The van der Waals surface area contributed by atoms with Crippen molar-refractivity contribution in [3.05, 3.63) is 30.3 Å². The lowest BCUT2D eigenvalue weighted by molar-refractivity contribution is 1.11. The second kappa shape index (κ2) is 4.42. The molecule has 0 saturated carbocycles. The summed E-state index contributed by atoms with van der Waals surface area (Å²) in [6.45, 7) is 4.57. The zero-order valence-corrected chi connectivity index (χ0v) is 9.84. The van der Waals surface area contributed by atoms with Crippen LogP contribution in [0.15, 0.2) is 30.3 Å². The lowest BCUT2D eigenvalue weighted by Crippen LogP contribution is -2.02. The van der Waals surface area contributed by atoms with Crippen molar-refractivity contribution < 1.29 is 0 Å². The predicted octanol–water partition coefficient (Wildman–Crippen LogP) is 3.55. The molecule has 1 atom stereocenters. The summed E-state index contributed by atoms with van der Waals surface area (Å²) in [5, 5.41) is 1.50. The Morgan fingerprint density at radius 3 is 2.18 bits per heavy atom. The molecule has 2 heteroatoms. The number of rotatable bonds is 2. The van der Waals surface area contributed by atoms with E-state index in [1.807, 2.05) is 0 Å². The Bertz CT molecular complexity index is 208. The van der Waals surface area contributed by atoms with Gasteiger partial charge in [-0.1, -0.05) is 44.2 Å². The average molecular weight is 278 g/mol. The van der Waals surface area contributed by atoms with E-state index >= 15 is 0 Å². The van der Waals surface area contributed by atoms with Crippen LogP contribution in [0.25, 0.3) is 0 Å². The van der Waals surface area contributed by atoms with Gasteiger partial charge in [-0.05, 0) is 38.6 Å². The van der Waals surface area contributed by atoms with Gasteiger partial charge in [-0.2, -0.15) is 0 Å². The van der Waals surface area contributed by atoms with Gasteiger partial charge >= 0.3 is 0 Å². The van der Waals surface area contributed by atoms with Gasteiger partial charge in [0.15, 0.2) is 0 Å². The topological polar surface area (TPSA) is 0 Å². The van der Waals surface area contributed by atoms with Crippen molar-refractivity contribution in [2.24, 2.45) is 0 Å². The van der Waals surface area contributed by atoms with E-state index in [0.29, 0.717) is 0 Å². The number of benzene rings is 1. The average Bonchev–Trinajstić information content (AvgIpc) is 2.05. The van der Waals surface area contributed by atoms with Gasteiger partial charge in [-0.15, -0.1) is 0 Å². The first-order valence-electron chi connectivity index (χ1n) is 3.72. The van der Waals surface area contributed by atoms with Gasteiger partial charge in [0.25, 0.3) is 0 Å². The van der Waals surface area contributed by atoms with E-state index in [9.17, 15) is 0 Å². The van der Waals surface area contributed by atoms with Crippen LogP contribution >= 0.6 is 27.6 Å². The Morgan fingerprint density at radius 2 is 1.73 bits per heavy atom. The Hall–Kier alpha value is 0.380. The molecular formula is C9H12IP. The highest BCUT2D eigenvalue weighted by atomic mass is 127. The van der Waals surface area contributed by atoms with E-state index in [0.717, 1.165) is 5.66 Å². The quantitative estimate of drug-likeness (QED) is 0.573. The fourth-order valence-electron chi connectivity index (χ4n) is 0.869. The molecule has 0 fully saturated rings. The molecular weight excluding hydrogens is 266 g/mol. The van der Waals surface area contributed by atoms with Gasteiger partial charge in [-0.3, -0.25) is 0 Å². The Labute approximate surface area is 82.6 Å². The van der Waals surface area contributed by atoms with Crippen LogP contribution in [0.1, 0.15) is 13.8 Å². The molecule has 0 aliphatic rings. The summed E-state index contributed by atoms with van der Waals surface area (Å²) in [4.78, 5) is 0. The smallest absolute Gasteiger partial charge is 0.00691 e. The van der Waals surface area contributed by atoms with Crippen molar-refractivity contribution in [2.75, 3.05) is 0 Å². The Balaban J connectivity index is 2.77. The molecule has 0 aliphatic heterocycles. The molecule has 0 spiro atoms. The first-order chi connectivity index (χ1) is 5.22. The first kappa shape index (κ1) is 9.47. The van der Waals surface area contributed by atoms with Crippen molar-refractivity contribution >= 4 is 32.9 Å². The third-order valence-electron chi connectivity index (χ3n) is 1.46. The summed E-state index contributed by atoms with van der Waals surface area (Å²) in [6.07, 6.45) is 0. The first-order valence-corrected chi connectivity index (χ1v) is 7.91. The maximum atomic E-state index is 2.56. The SMILES string of the molecule is CC(C)P(I)c1ccccc1. The zero-order valence-electron chi connectivity index (χ0n) is 6.79. The van der Waals surface area contributed by atoms with Crippen LogP contribution < -0.4 is 5.30 Å². The van der Waals surface area contributed by atoms with Crippen molar-refractivity contribution in [3.8, 4) is 0 Å². The number of hydrogen-bond donors (Lipinski definition) is 0. The minimum Gasteiger partial charge on any atom is -0.0622 e. The Morgan fingerprint density at radius 1 is 1.18 bits per heavy atom. The molecule has 1 unspecified atom stereocenters. The van der Waals surface area contributed by atoms with Gasteiger partial charge in [-0.25, -0.2) is 0 Å². The molecule has 0 saturated heterocycles. The van der Waals surface area contributed by atoms with Crippen molar-refractivity contribution in [2.45, 2.75) is 19.5 Å². The van der Waals surface area contributed by atoms with Crippen LogP contribution in [-0.4, -0.2) is 5.66 Å². The van der Waals surface area contributed by atoms with Crippen LogP contribution in [-0.2, 0) is 0 Å². The molecule has 0 nitrogen and oxygen atoms in total. The molecule has 1 aromatic carbocycles. The monoisotopic (exact) mass is 278 g/mol. The van der Waals surface area contributed by atoms with Gasteiger partial charge in [0, 0.05) is 0 Å². The number of halogens is 1. The Kier molecular flexibility index (Phi) is 3.80. The van der Waals surface area contributed by atoms with Crippen LogP contribution in [0.3, 0.4) is 0 Å². The van der Waals surface area contributed by atoms with Gasteiger partial charge < -0.3 is 0 Å². The summed E-state index contributed by atoms with van der Waals surface area (Å²) in [7, 11) is 0. The lowest BCUT2D eigenvalue weighted by Gasteiger charge is -2.13. The fraction of sp³-hybridized carbons (Fsp3) is 0.333. The second-order valence-corrected chi connectivity index (χ2v) is 8.03. The van der Waals surface area contributed by atoms with Crippen molar-refractivity contribution in [1.82, 2.24) is 0 Å². The maximum absolute atomic E-state index is 2.56. The van der Waals surface area contributed by atoms with Gasteiger partial charge in [0.1, 0.15) is 0 Å². The van der Waals surface area contributed by atoms with E-state index in [2.05, 4.69) is 66.2 Å². The van der Waals surface area contributed by atoms with E-state index in [-0.39, 0.29) is 5.56 Å². The van der Waals surface area contributed by atoms with Crippen molar-refractivity contribution in [1.29, 1.82) is 0 Å². The van der Waals surface area contributed by atoms with E-state index in [1.165, 1.54) is 5.30 Å². The van der Waals surface area contributed by atoms with Gasteiger partial charge in [0.05, 0.1) is 0 Å². The molecule has 1 rings (SSSR count). The van der Waals surface area contributed by atoms with Crippen molar-refractivity contribution in [3.63, 3.8) is 0 Å². The van der Waals surface area contributed by atoms with Crippen LogP contribution in [0.2, 0.25) is 0 Å². The van der Waals surface area contributed by atoms with Crippen LogP contribution in [0.5, 0.6) is 0 Å². The summed E-state index contributed by atoms with van der Waals surface area (Å²) in [6, 6.07) is 10.7. The molecule has 1 aromatic rings. The summed E-state index contributed by atoms with van der Waals surface area (Å²) in [5.41, 5.74) is 0.821. The molecule has 0 heterocycles. The molecule has 0 bridgehead atoms. The largest absolute Gasteiger partial charge is 0.0622 e. The highest BCUT2D eigenvalue weighted by molar-refractivity contribution is 14.2. The summed E-state index contributed by atoms with van der Waals surface area (Å²) in [5.74, 6) is 0. The second-order valence-electron chi connectivity index (χ2n) is 2.74. The summed E-state index contributed by atoms with van der Waals surface area (Å²) < 4.78 is 0. The minimum atomic E-state index is 0.0353. The van der Waals surface area contributed by atoms with E-state index in [1.54, 1.807) is 0 Å².